The van der Waals surface area contributed by atoms with Crippen LogP contribution >= 0.6 is 0 Å². The van der Waals surface area contributed by atoms with Crippen LogP contribution in [0.15, 0.2) is 19.4 Å². The van der Waals surface area contributed by atoms with Crippen LogP contribution in [0.2, 0.25) is 0 Å². The molecule has 1 nitrogen and oxygen atoms in total. The van der Waals surface area contributed by atoms with Gasteiger partial charge in [0.25, 0.3) is 0 Å². The van der Waals surface area contributed by atoms with Crippen molar-refractivity contribution in [3.8, 4) is 0 Å². The van der Waals surface area contributed by atoms with Gasteiger partial charge in [0.05, 0.1) is 5.69 Å². The maximum Gasteiger partial charge on any atom is 0.140 e. The molecule has 0 aromatic carbocycles. The van der Waals surface area contributed by atoms with E-state index in [1.54, 1.807) is 6.08 Å². The maximum atomic E-state index is 13.0. The molecular weight excluding hydrogens is 177 g/mol. The zero-order chi connectivity index (χ0) is 10.9. The average Bonchev–Trinajstić information content (AvgIpc) is 2.45. The number of hydrogen-bond acceptors (Lipinski definition) is 0. The molecule has 0 amide bonds. The van der Waals surface area contributed by atoms with Gasteiger partial charge in [-0.05, 0) is 11.0 Å². The normalized spacial score (nSPS) is 11.4. The van der Waals surface area contributed by atoms with Gasteiger partial charge in [0.15, 0.2) is 0 Å². The van der Waals surface area contributed by atoms with Crippen LogP contribution in [0.4, 0.5) is 4.39 Å². The van der Waals surface area contributed by atoms with E-state index in [1.807, 2.05) is 6.20 Å². The molecule has 0 fully saturated rings. The fraction of sp³-hybridized carbons (Fsp3) is 0.333. The Labute approximate surface area is 85.8 Å². The zero-order valence-electron chi connectivity index (χ0n) is 8.95. The summed E-state index contributed by atoms with van der Waals surface area (Å²) in [6, 6.07) is 0. The standard InChI is InChI=1S/C12H16FN.H2/c1-6-9-10(12(3,4)5)7-14-11(9)8(2)13;/h6-7,14H,1-2H2,3-5H3;1H. The lowest BCUT2D eigenvalue weighted by atomic mass is 9.85. The van der Waals surface area contributed by atoms with E-state index < -0.39 is 5.83 Å². The molecule has 0 aliphatic heterocycles. The first kappa shape index (κ1) is 10.8. The number of aromatic nitrogens is 1. The monoisotopic (exact) mass is 195 g/mol. The molecule has 1 N–H and O–H groups in total. The van der Waals surface area contributed by atoms with Crippen molar-refractivity contribution in [1.29, 1.82) is 0 Å². The average molecular weight is 195 g/mol. The fourth-order valence-electron chi connectivity index (χ4n) is 1.49. The second-order valence-electron chi connectivity index (χ2n) is 4.35. The lowest BCUT2D eigenvalue weighted by molar-refractivity contribution is 0.590. The van der Waals surface area contributed by atoms with Crippen molar-refractivity contribution in [2.75, 3.05) is 0 Å². The largest absolute Gasteiger partial charge is 0.359 e. The molecule has 1 aromatic heterocycles. The Kier molecular flexibility index (Phi) is 2.65. The first-order valence-electron chi connectivity index (χ1n) is 4.57. The van der Waals surface area contributed by atoms with E-state index in [-0.39, 0.29) is 6.84 Å². The van der Waals surface area contributed by atoms with E-state index in [4.69, 9.17) is 0 Å². The highest BCUT2D eigenvalue weighted by Gasteiger charge is 2.21. The fourth-order valence-corrected chi connectivity index (χ4v) is 1.49. The Bertz CT molecular complexity index is 371. The minimum atomic E-state index is -0.449. The van der Waals surface area contributed by atoms with E-state index in [9.17, 15) is 4.39 Å². The van der Waals surface area contributed by atoms with Crippen LogP contribution in [-0.4, -0.2) is 4.98 Å². The van der Waals surface area contributed by atoms with Gasteiger partial charge in [-0.3, -0.25) is 0 Å². The summed E-state index contributed by atoms with van der Waals surface area (Å²) in [5.74, 6) is -0.449. The maximum absolute atomic E-state index is 13.0. The molecular formula is C12H18FN. The molecule has 0 aliphatic rings. The van der Waals surface area contributed by atoms with Crippen molar-refractivity contribution in [1.82, 2.24) is 4.98 Å². The van der Waals surface area contributed by atoms with Crippen LogP contribution in [0.25, 0.3) is 11.9 Å². The van der Waals surface area contributed by atoms with E-state index in [1.165, 1.54) is 0 Å². The predicted octanol–water partition coefficient (Wildman–Crippen LogP) is 4.14. The molecule has 0 saturated heterocycles. The van der Waals surface area contributed by atoms with Gasteiger partial charge in [-0.15, -0.1) is 0 Å². The summed E-state index contributed by atoms with van der Waals surface area (Å²) in [6.45, 7) is 13.2. The molecule has 0 bridgehead atoms. The quantitative estimate of drug-likeness (QED) is 0.730. The Morgan fingerprint density at radius 2 is 2.14 bits per heavy atom. The minimum Gasteiger partial charge on any atom is -0.359 e. The predicted molar refractivity (Wildman–Crippen MR) is 61.8 cm³/mol. The minimum absolute atomic E-state index is 0. The number of nitrogens with one attached hydrogen (secondary N) is 1. The van der Waals surface area contributed by atoms with Crippen molar-refractivity contribution in [2.45, 2.75) is 26.2 Å². The highest BCUT2D eigenvalue weighted by molar-refractivity contribution is 5.69. The van der Waals surface area contributed by atoms with Crippen molar-refractivity contribution < 1.29 is 5.82 Å². The molecule has 1 heterocycles. The van der Waals surface area contributed by atoms with Crippen molar-refractivity contribution in [2.24, 2.45) is 0 Å². The van der Waals surface area contributed by atoms with Crippen molar-refractivity contribution >= 4 is 11.9 Å². The van der Waals surface area contributed by atoms with Crippen LogP contribution < -0.4 is 0 Å². The van der Waals surface area contributed by atoms with Gasteiger partial charge >= 0.3 is 0 Å². The van der Waals surface area contributed by atoms with E-state index in [2.05, 4.69) is 38.9 Å². The molecule has 14 heavy (non-hydrogen) atoms. The molecule has 2 heteroatoms. The number of aromatic amines is 1. The zero-order valence-corrected chi connectivity index (χ0v) is 8.95. The topological polar surface area (TPSA) is 15.8 Å². The molecule has 0 atom stereocenters. The molecule has 0 saturated carbocycles. The second kappa shape index (κ2) is 3.45. The number of halogens is 1. The third kappa shape index (κ3) is 1.79. The third-order valence-electron chi connectivity index (χ3n) is 2.20. The summed E-state index contributed by atoms with van der Waals surface area (Å²) in [4.78, 5) is 2.89. The van der Waals surface area contributed by atoms with Gasteiger partial charge in [-0.2, -0.15) is 0 Å². The molecule has 0 unspecified atom stereocenters. The van der Waals surface area contributed by atoms with Gasteiger partial charge in [-0.25, -0.2) is 4.39 Å². The summed E-state index contributed by atoms with van der Waals surface area (Å²) in [7, 11) is 0. The molecule has 1 rings (SSSR count). The van der Waals surface area contributed by atoms with Gasteiger partial charge in [0, 0.05) is 13.2 Å². The molecule has 1 aromatic rings. The Hall–Kier alpha value is -1.31. The van der Waals surface area contributed by atoms with E-state index in [0.717, 1.165) is 11.1 Å². The summed E-state index contributed by atoms with van der Waals surface area (Å²) in [5, 5.41) is 0. The smallest absolute Gasteiger partial charge is 0.140 e. The van der Waals surface area contributed by atoms with Crippen molar-refractivity contribution in [3.05, 3.63) is 36.2 Å². The summed E-state index contributed by atoms with van der Waals surface area (Å²) in [6.07, 6.45) is 3.48. The van der Waals surface area contributed by atoms with Gasteiger partial charge in [-0.1, -0.05) is 40.0 Å². The SMILES string of the molecule is C=Cc1c(C(C)(C)C)c[nH]c1C(=C)F.[HH]. The van der Waals surface area contributed by atoms with Gasteiger partial charge in [0.2, 0.25) is 0 Å². The van der Waals surface area contributed by atoms with Crippen LogP contribution in [0.1, 0.15) is 39.0 Å². The third-order valence-corrected chi connectivity index (χ3v) is 2.20. The van der Waals surface area contributed by atoms with Gasteiger partial charge < -0.3 is 4.98 Å². The molecule has 78 valence electrons. The Morgan fingerprint density at radius 1 is 1.57 bits per heavy atom. The molecule has 0 spiro atoms. The van der Waals surface area contributed by atoms with E-state index in [0.29, 0.717) is 5.69 Å². The highest BCUT2D eigenvalue weighted by Crippen LogP contribution is 2.31. The first-order valence-corrected chi connectivity index (χ1v) is 4.57. The lowest BCUT2D eigenvalue weighted by Crippen LogP contribution is -2.11. The lowest BCUT2D eigenvalue weighted by Gasteiger charge is -2.18. The second-order valence-corrected chi connectivity index (χ2v) is 4.35. The Balaban J connectivity index is 0.00000196. The van der Waals surface area contributed by atoms with Gasteiger partial charge in [0.1, 0.15) is 5.83 Å². The molecule has 0 aliphatic carbocycles. The molecule has 0 radical (unpaired) electrons. The summed E-state index contributed by atoms with van der Waals surface area (Å²) < 4.78 is 13.0. The first-order chi connectivity index (χ1) is 6.38. The summed E-state index contributed by atoms with van der Waals surface area (Å²) in [5.41, 5.74) is 2.28. The van der Waals surface area contributed by atoms with Crippen molar-refractivity contribution in [3.63, 3.8) is 0 Å². The van der Waals surface area contributed by atoms with Crippen LogP contribution in [-0.2, 0) is 5.41 Å². The number of hydrogen-bond donors (Lipinski definition) is 1. The van der Waals surface area contributed by atoms with Crippen LogP contribution in [0, 0.1) is 0 Å². The van der Waals surface area contributed by atoms with Crippen LogP contribution in [0.3, 0.4) is 0 Å². The van der Waals surface area contributed by atoms with E-state index >= 15 is 0 Å². The number of H-pyrrole nitrogens is 1. The summed E-state index contributed by atoms with van der Waals surface area (Å²) >= 11 is 0. The van der Waals surface area contributed by atoms with Crippen LogP contribution in [0.5, 0.6) is 0 Å². The Morgan fingerprint density at radius 3 is 2.50 bits per heavy atom. The number of rotatable bonds is 2. The highest BCUT2D eigenvalue weighted by atomic mass is 19.1.